The molecule has 164 valence electrons. The highest BCUT2D eigenvalue weighted by Crippen LogP contribution is 2.33. The van der Waals surface area contributed by atoms with Crippen molar-refractivity contribution in [1.82, 2.24) is 10.6 Å². The fourth-order valence-electron chi connectivity index (χ4n) is 2.74. The van der Waals surface area contributed by atoms with Crippen molar-refractivity contribution >= 4 is 21.7 Å². The van der Waals surface area contributed by atoms with Gasteiger partial charge in [0.1, 0.15) is 6.54 Å². The zero-order valence-electron chi connectivity index (χ0n) is 16.0. The van der Waals surface area contributed by atoms with E-state index >= 15 is 0 Å². The number of hydrogen-bond acceptors (Lipinski definition) is 5. The van der Waals surface area contributed by atoms with E-state index in [9.17, 15) is 31.2 Å². The maximum Gasteiger partial charge on any atom is 0.416 e. The van der Waals surface area contributed by atoms with Gasteiger partial charge in [-0.25, -0.2) is 8.42 Å². The lowest BCUT2D eigenvalue weighted by Gasteiger charge is -2.19. The van der Waals surface area contributed by atoms with Gasteiger partial charge >= 0.3 is 6.18 Å². The van der Waals surface area contributed by atoms with E-state index in [0.29, 0.717) is 0 Å². The second-order valence-electron chi connectivity index (χ2n) is 6.40. The van der Waals surface area contributed by atoms with Crippen LogP contribution >= 0.6 is 0 Å². The van der Waals surface area contributed by atoms with Crippen molar-refractivity contribution in [3.63, 3.8) is 0 Å². The smallest absolute Gasteiger partial charge is 0.350 e. The fourth-order valence-corrected chi connectivity index (χ4v) is 4.37. The fraction of sp³-hybridized carbons (Fsp3) is 0.250. The van der Waals surface area contributed by atoms with E-state index < -0.39 is 63.0 Å². The van der Waals surface area contributed by atoms with Gasteiger partial charge in [0.25, 0.3) is 5.91 Å². The summed E-state index contributed by atoms with van der Waals surface area (Å²) in [5, 5.41) is 11.1. The standard InChI is InChI=1S/C20H18F3N3O4S/c21-20(22,23)16-9-5-4-8-15(16)13-31(29,30)17(19(28)25-11-10-24)12-26-18(27)14-6-2-1-3-7-14/h1-9,17H,11-13H2,(H,25,28)(H,26,27). The predicted molar refractivity (Wildman–Crippen MR) is 105 cm³/mol. The molecule has 0 aliphatic heterocycles. The molecule has 0 aliphatic rings. The van der Waals surface area contributed by atoms with Gasteiger partial charge < -0.3 is 10.6 Å². The van der Waals surface area contributed by atoms with Crippen LogP contribution in [0.1, 0.15) is 21.5 Å². The molecule has 2 aromatic rings. The van der Waals surface area contributed by atoms with Gasteiger partial charge in [0.15, 0.2) is 15.1 Å². The van der Waals surface area contributed by atoms with Crippen LogP contribution in [0.4, 0.5) is 13.2 Å². The Balaban J connectivity index is 2.29. The number of nitrogens with zero attached hydrogens (tertiary/aromatic N) is 1. The van der Waals surface area contributed by atoms with Gasteiger partial charge in [-0.3, -0.25) is 9.59 Å². The number of halogens is 3. The summed E-state index contributed by atoms with van der Waals surface area (Å²) in [6.45, 7) is -1.18. The first-order valence-corrected chi connectivity index (χ1v) is 10.6. The maximum absolute atomic E-state index is 13.2. The van der Waals surface area contributed by atoms with E-state index in [1.54, 1.807) is 24.3 Å². The van der Waals surface area contributed by atoms with Gasteiger partial charge in [-0.15, -0.1) is 0 Å². The molecule has 0 saturated carbocycles. The van der Waals surface area contributed by atoms with E-state index in [-0.39, 0.29) is 5.56 Å². The van der Waals surface area contributed by atoms with Crippen LogP contribution in [-0.4, -0.2) is 38.6 Å². The molecule has 7 nitrogen and oxygen atoms in total. The van der Waals surface area contributed by atoms with Crippen LogP contribution in [0, 0.1) is 11.3 Å². The lowest BCUT2D eigenvalue weighted by atomic mass is 10.1. The van der Waals surface area contributed by atoms with Crippen LogP contribution in [0.15, 0.2) is 54.6 Å². The van der Waals surface area contributed by atoms with Crippen molar-refractivity contribution < 1.29 is 31.2 Å². The first-order valence-electron chi connectivity index (χ1n) is 8.91. The van der Waals surface area contributed by atoms with Crippen molar-refractivity contribution in [2.75, 3.05) is 13.1 Å². The number of nitriles is 1. The Morgan fingerprint density at radius 3 is 2.23 bits per heavy atom. The SMILES string of the molecule is N#CCNC(=O)C(CNC(=O)c1ccccc1)S(=O)(=O)Cc1ccccc1C(F)(F)F. The topological polar surface area (TPSA) is 116 Å². The van der Waals surface area contributed by atoms with Crippen molar-refractivity contribution in [3.8, 4) is 6.07 Å². The molecule has 1 unspecified atom stereocenters. The number of carbonyl (C=O) groups excluding carboxylic acids is 2. The molecule has 31 heavy (non-hydrogen) atoms. The summed E-state index contributed by atoms with van der Waals surface area (Å²) in [5.74, 6) is -2.84. The zero-order valence-corrected chi connectivity index (χ0v) is 16.8. The van der Waals surface area contributed by atoms with Crippen LogP contribution in [0.25, 0.3) is 0 Å². The minimum Gasteiger partial charge on any atom is -0.350 e. The number of hydrogen-bond donors (Lipinski definition) is 2. The minimum absolute atomic E-state index is 0.207. The van der Waals surface area contributed by atoms with E-state index in [1.807, 2.05) is 0 Å². The first kappa shape index (κ1) is 23.9. The third kappa shape index (κ3) is 6.55. The summed E-state index contributed by atoms with van der Waals surface area (Å²) in [4.78, 5) is 24.6. The van der Waals surface area contributed by atoms with Gasteiger partial charge in [-0.2, -0.15) is 18.4 Å². The molecule has 2 aromatic carbocycles. The molecule has 2 rings (SSSR count). The van der Waals surface area contributed by atoms with Crippen molar-refractivity contribution in [2.24, 2.45) is 0 Å². The summed E-state index contributed by atoms with van der Waals surface area (Å²) in [5.41, 5.74) is -1.45. The average Bonchev–Trinajstić information content (AvgIpc) is 2.72. The minimum atomic E-state index is -4.79. The maximum atomic E-state index is 13.2. The third-order valence-electron chi connectivity index (χ3n) is 4.23. The van der Waals surface area contributed by atoms with Gasteiger partial charge in [0.05, 0.1) is 17.4 Å². The molecular weight excluding hydrogens is 435 g/mol. The van der Waals surface area contributed by atoms with Crippen molar-refractivity contribution in [2.45, 2.75) is 17.2 Å². The van der Waals surface area contributed by atoms with Gasteiger partial charge in [0.2, 0.25) is 5.91 Å². The van der Waals surface area contributed by atoms with Crippen LogP contribution in [0.3, 0.4) is 0 Å². The monoisotopic (exact) mass is 453 g/mol. The number of rotatable bonds is 8. The quantitative estimate of drug-likeness (QED) is 0.594. The van der Waals surface area contributed by atoms with E-state index in [0.717, 1.165) is 18.2 Å². The molecule has 2 amide bonds. The van der Waals surface area contributed by atoms with Crippen LogP contribution < -0.4 is 10.6 Å². The molecule has 0 aromatic heterocycles. The van der Waals surface area contributed by atoms with E-state index in [4.69, 9.17) is 5.26 Å². The number of sulfone groups is 1. The Hall–Kier alpha value is -3.39. The average molecular weight is 453 g/mol. The molecule has 1 atom stereocenters. The highest BCUT2D eigenvalue weighted by molar-refractivity contribution is 7.92. The van der Waals surface area contributed by atoms with Crippen LogP contribution in [0.5, 0.6) is 0 Å². The Morgan fingerprint density at radius 2 is 1.61 bits per heavy atom. The van der Waals surface area contributed by atoms with Crippen LogP contribution in [0.2, 0.25) is 0 Å². The Kier molecular flexibility index (Phi) is 7.77. The highest BCUT2D eigenvalue weighted by atomic mass is 32.2. The molecule has 0 fully saturated rings. The van der Waals surface area contributed by atoms with Crippen LogP contribution in [-0.2, 0) is 26.6 Å². The molecule has 0 radical (unpaired) electrons. The molecule has 0 spiro atoms. The number of amides is 2. The summed E-state index contributed by atoms with van der Waals surface area (Å²) >= 11 is 0. The molecular formula is C20H18F3N3O4S. The van der Waals surface area contributed by atoms with Gasteiger partial charge in [0, 0.05) is 12.1 Å². The third-order valence-corrected chi connectivity index (χ3v) is 6.19. The second-order valence-corrected chi connectivity index (χ2v) is 8.59. The lowest BCUT2D eigenvalue weighted by molar-refractivity contribution is -0.138. The molecule has 0 heterocycles. The second kappa shape index (κ2) is 10.1. The molecule has 0 saturated heterocycles. The van der Waals surface area contributed by atoms with Gasteiger partial charge in [-0.1, -0.05) is 36.4 Å². The van der Waals surface area contributed by atoms with Crippen molar-refractivity contribution in [1.29, 1.82) is 5.26 Å². The summed E-state index contributed by atoms with van der Waals surface area (Å²) in [6.07, 6.45) is -4.79. The molecule has 0 aliphatic carbocycles. The van der Waals surface area contributed by atoms with Crippen molar-refractivity contribution in [3.05, 3.63) is 71.3 Å². The number of nitrogens with one attached hydrogen (secondary N) is 2. The molecule has 0 bridgehead atoms. The summed E-state index contributed by atoms with van der Waals surface area (Å²) in [7, 11) is -4.50. The number of benzene rings is 2. The predicted octanol–water partition coefficient (Wildman–Crippen LogP) is 2.06. The van der Waals surface area contributed by atoms with Gasteiger partial charge in [-0.05, 0) is 23.8 Å². The van der Waals surface area contributed by atoms with E-state index in [2.05, 4.69) is 10.6 Å². The Labute approximate surface area is 176 Å². The summed E-state index contributed by atoms with van der Waals surface area (Å²) < 4.78 is 65.4. The number of alkyl halides is 3. The Morgan fingerprint density at radius 1 is 1.00 bits per heavy atom. The summed E-state index contributed by atoms with van der Waals surface area (Å²) in [6, 6.07) is 13.5. The Bertz CT molecular complexity index is 1080. The van der Waals surface area contributed by atoms with E-state index in [1.165, 1.54) is 18.2 Å². The normalized spacial score (nSPS) is 12.5. The lowest BCUT2D eigenvalue weighted by Crippen LogP contribution is -2.47. The zero-order chi connectivity index (χ0) is 23.1. The number of carbonyl (C=O) groups is 2. The molecule has 2 N–H and O–H groups in total. The largest absolute Gasteiger partial charge is 0.416 e. The molecule has 11 heteroatoms. The first-order chi connectivity index (χ1) is 14.6. The highest BCUT2D eigenvalue weighted by Gasteiger charge is 2.37.